The topological polar surface area (TPSA) is 90.7 Å². The molecule has 0 spiro atoms. The largest absolute Gasteiger partial charge is 0.493 e. The van der Waals surface area contributed by atoms with Crippen LogP contribution in [0.4, 0.5) is 5.69 Å². The zero-order valence-corrected chi connectivity index (χ0v) is 16.3. The number of benzene rings is 2. The number of rotatable bonds is 3. The third kappa shape index (κ3) is 3.07. The monoisotopic (exact) mass is 438 g/mol. The first-order chi connectivity index (χ1) is 13.5. The van der Waals surface area contributed by atoms with E-state index in [0.29, 0.717) is 17.1 Å². The Bertz CT molecular complexity index is 1170. The smallest absolute Gasteiger partial charge is 0.280 e. The maximum absolute atomic E-state index is 12.8. The van der Waals surface area contributed by atoms with E-state index in [-0.39, 0.29) is 22.9 Å². The van der Waals surface area contributed by atoms with E-state index in [1.807, 2.05) is 18.2 Å². The minimum atomic E-state index is -0.508. The molecule has 1 aromatic heterocycles. The van der Waals surface area contributed by atoms with Crippen molar-refractivity contribution in [3.63, 3.8) is 0 Å². The number of aromatic nitrogens is 2. The molecule has 0 bridgehead atoms. The van der Waals surface area contributed by atoms with E-state index in [1.165, 1.54) is 15.8 Å². The van der Waals surface area contributed by atoms with Crippen LogP contribution in [0.25, 0.3) is 11.8 Å². The van der Waals surface area contributed by atoms with Crippen LogP contribution in [0.3, 0.4) is 0 Å². The van der Waals surface area contributed by atoms with Crippen molar-refractivity contribution in [2.45, 2.75) is 6.92 Å². The lowest BCUT2D eigenvalue weighted by Crippen LogP contribution is -2.21. The summed E-state index contributed by atoms with van der Waals surface area (Å²) >= 11 is 3.34. The third-order valence-corrected chi connectivity index (χ3v) is 4.88. The molecule has 2 aromatic carbocycles. The summed E-state index contributed by atoms with van der Waals surface area (Å²) in [6, 6.07) is 16.1. The third-order valence-electron chi connectivity index (χ3n) is 4.35. The maximum Gasteiger partial charge on any atom is 0.280 e. The number of amides is 1. The SMILES string of the molecule is CC1=NN(c2ccccc2)C(=O)C1=Cc1c(O)n(-c2ccc(Br)cc2)[nH]c1=O. The van der Waals surface area contributed by atoms with Crippen molar-refractivity contribution in [2.24, 2.45) is 5.10 Å². The number of carbonyl (C=O) groups is 1. The average Bonchev–Trinajstić information content (AvgIpc) is 3.14. The van der Waals surface area contributed by atoms with E-state index in [9.17, 15) is 14.7 Å². The van der Waals surface area contributed by atoms with Gasteiger partial charge in [-0.05, 0) is 49.4 Å². The number of H-pyrrole nitrogens is 1. The Balaban J connectivity index is 1.74. The number of nitrogens with one attached hydrogen (secondary N) is 1. The number of aromatic amines is 1. The van der Waals surface area contributed by atoms with Crippen LogP contribution in [-0.2, 0) is 4.79 Å². The highest BCUT2D eigenvalue weighted by Crippen LogP contribution is 2.27. The zero-order chi connectivity index (χ0) is 19.8. The van der Waals surface area contributed by atoms with Crippen LogP contribution in [0, 0.1) is 0 Å². The fraction of sp³-hybridized carbons (Fsp3) is 0.0500. The Morgan fingerprint density at radius 2 is 1.71 bits per heavy atom. The molecule has 2 heterocycles. The van der Waals surface area contributed by atoms with Crippen molar-refractivity contribution in [1.29, 1.82) is 0 Å². The Morgan fingerprint density at radius 3 is 2.39 bits per heavy atom. The van der Waals surface area contributed by atoms with Gasteiger partial charge < -0.3 is 5.11 Å². The first-order valence-corrected chi connectivity index (χ1v) is 9.21. The molecule has 2 N–H and O–H groups in total. The van der Waals surface area contributed by atoms with Gasteiger partial charge in [-0.25, -0.2) is 4.68 Å². The van der Waals surface area contributed by atoms with E-state index in [2.05, 4.69) is 26.1 Å². The summed E-state index contributed by atoms with van der Waals surface area (Å²) in [6.07, 6.45) is 1.37. The standard InChI is InChI=1S/C20H15BrN4O3/c1-12-16(19(27)24(22-12)14-5-3-2-4-6-14)11-17-18(26)23-25(20(17)28)15-9-7-13(21)8-10-15/h2-11,28H,1H3,(H,23,26). The predicted octanol–water partition coefficient (Wildman–Crippen LogP) is 3.44. The Kier molecular flexibility index (Phi) is 4.48. The minimum Gasteiger partial charge on any atom is -0.493 e. The molecule has 0 fully saturated rings. The fourth-order valence-electron chi connectivity index (χ4n) is 2.92. The fourth-order valence-corrected chi connectivity index (χ4v) is 3.18. The quantitative estimate of drug-likeness (QED) is 0.613. The zero-order valence-electron chi connectivity index (χ0n) is 14.8. The molecular formula is C20H15BrN4O3. The van der Waals surface area contributed by atoms with Gasteiger partial charge in [-0.1, -0.05) is 34.1 Å². The number of hydrazone groups is 1. The lowest BCUT2D eigenvalue weighted by molar-refractivity contribution is -0.114. The van der Waals surface area contributed by atoms with Gasteiger partial charge in [0.25, 0.3) is 11.5 Å². The highest BCUT2D eigenvalue weighted by atomic mass is 79.9. The second-order valence-electron chi connectivity index (χ2n) is 6.19. The summed E-state index contributed by atoms with van der Waals surface area (Å²) in [5, 5.41) is 18.7. The molecule has 140 valence electrons. The molecule has 0 aliphatic carbocycles. The van der Waals surface area contributed by atoms with Gasteiger partial charge in [0.1, 0.15) is 5.56 Å². The number of halogens is 1. The summed E-state index contributed by atoms with van der Waals surface area (Å²) in [7, 11) is 0. The van der Waals surface area contributed by atoms with Crippen molar-refractivity contribution in [1.82, 2.24) is 9.78 Å². The molecule has 7 nitrogen and oxygen atoms in total. The minimum absolute atomic E-state index is 0.00395. The lowest BCUT2D eigenvalue weighted by Gasteiger charge is -2.10. The maximum atomic E-state index is 12.8. The highest BCUT2D eigenvalue weighted by molar-refractivity contribution is 9.10. The first kappa shape index (κ1) is 18.0. The van der Waals surface area contributed by atoms with Crippen molar-refractivity contribution in [3.8, 4) is 11.6 Å². The number of nitrogens with zero attached hydrogens (tertiary/aromatic N) is 3. The lowest BCUT2D eigenvalue weighted by atomic mass is 10.1. The summed E-state index contributed by atoms with van der Waals surface area (Å²) in [6.45, 7) is 1.68. The van der Waals surface area contributed by atoms with Gasteiger partial charge in [0.15, 0.2) is 0 Å². The molecular weight excluding hydrogens is 424 g/mol. The molecule has 28 heavy (non-hydrogen) atoms. The van der Waals surface area contributed by atoms with E-state index < -0.39 is 5.56 Å². The first-order valence-electron chi connectivity index (χ1n) is 8.42. The summed E-state index contributed by atoms with van der Waals surface area (Å²) < 4.78 is 2.14. The number of hydrogen-bond donors (Lipinski definition) is 2. The van der Waals surface area contributed by atoms with Gasteiger partial charge in [-0.3, -0.25) is 14.7 Å². The Labute approximate surface area is 168 Å². The van der Waals surface area contributed by atoms with Crippen molar-refractivity contribution in [2.75, 3.05) is 5.01 Å². The van der Waals surface area contributed by atoms with Crippen LogP contribution in [0.1, 0.15) is 12.5 Å². The van der Waals surface area contributed by atoms with Crippen LogP contribution in [-0.4, -0.2) is 26.5 Å². The number of anilines is 1. The van der Waals surface area contributed by atoms with Gasteiger partial charge >= 0.3 is 0 Å². The van der Waals surface area contributed by atoms with Crippen molar-refractivity contribution in [3.05, 3.63) is 80.6 Å². The molecule has 0 saturated heterocycles. The van der Waals surface area contributed by atoms with Crippen LogP contribution in [0.5, 0.6) is 5.88 Å². The summed E-state index contributed by atoms with van der Waals surface area (Å²) in [5.41, 5.74) is 1.40. The molecule has 4 rings (SSSR count). The van der Waals surface area contributed by atoms with Crippen LogP contribution < -0.4 is 10.6 Å². The van der Waals surface area contributed by atoms with Gasteiger partial charge in [0.05, 0.1) is 22.7 Å². The molecule has 3 aromatic rings. The van der Waals surface area contributed by atoms with E-state index in [0.717, 1.165) is 4.47 Å². The van der Waals surface area contributed by atoms with Crippen molar-refractivity contribution >= 4 is 39.3 Å². The van der Waals surface area contributed by atoms with E-state index in [1.54, 1.807) is 43.3 Å². The molecule has 1 aliphatic rings. The molecule has 1 amide bonds. The van der Waals surface area contributed by atoms with E-state index in [4.69, 9.17) is 0 Å². The number of para-hydroxylation sites is 1. The van der Waals surface area contributed by atoms with Gasteiger partial charge in [-0.15, -0.1) is 0 Å². The van der Waals surface area contributed by atoms with Crippen LogP contribution in [0.15, 0.2) is 74.5 Å². The summed E-state index contributed by atoms with van der Waals surface area (Å²) in [5.74, 6) is -0.641. The number of aromatic hydroxyl groups is 1. The molecule has 1 aliphatic heterocycles. The normalized spacial score (nSPS) is 15.4. The number of carbonyl (C=O) groups excluding carboxylic acids is 1. The highest BCUT2D eigenvalue weighted by Gasteiger charge is 2.29. The van der Waals surface area contributed by atoms with Gasteiger partial charge in [0.2, 0.25) is 5.88 Å². The average molecular weight is 439 g/mol. The molecule has 0 saturated carbocycles. The van der Waals surface area contributed by atoms with Gasteiger partial charge in [-0.2, -0.15) is 10.1 Å². The van der Waals surface area contributed by atoms with Crippen molar-refractivity contribution < 1.29 is 9.90 Å². The van der Waals surface area contributed by atoms with Crippen LogP contribution >= 0.6 is 15.9 Å². The second-order valence-corrected chi connectivity index (χ2v) is 7.10. The second kappa shape index (κ2) is 6.97. The predicted molar refractivity (Wildman–Crippen MR) is 111 cm³/mol. The van der Waals surface area contributed by atoms with Gasteiger partial charge in [0, 0.05) is 4.47 Å². The Morgan fingerprint density at radius 1 is 1.04 bits per heavy atom. The molecule has 0 atom stereocenters. The van der Waals surface area contributed by atoms with Crippen LogP contribution in [0.2, 0.25) is 0 Å². The number of hydrogen-bond acceptors (Lipinski definition) is 4. The summed E-state index contributed by atoms with van der Waals surface area (Å²) in [4.78, 5) is 25.2. The Hall–Kier alpha value is -3.39. The molecule has 8 heteroatoms. The molecule has 0 unspecified atom stereocenters. The molecule has 0 radical (unpaired) electrons. The van der Waals surface area contributed by atoms with E-state index >= 15 is 0 Å².